The molecule has 106 valence electrons. The summed E-state index contributed by atoms with van der Waals surface area (Å²) < 4.78 is 21.9. The van der Waals surface area contributed by atoms with Gasteiger partial charge in [-0.2, -0.15) is 0 Å². The highest BCUT2D eigenvalue weighted by atomic mass is 32.2. The third-order valence-electron chi connectivity index (χ3n) is 2.64. The molecule has 0 radical (unpaired) electrons. The van der Waals surface area contributed by atoms with E-state index in [1.165, 1.54) is 6.26 Å². The van der Waals surface area contributed by atoms with Gasteiger partial charge in [0, 0.05) is 25.4 Å². The Morgan fingerprint density at radius 3 is 2.37 bits per heavy atom. The molecular weight excluding hydrogens is 264 g/mol. The van der Waals surface area contributed by atoms with Crippen LogP contribution in [-0.4, -0.2) is 39.9 Å². The van der Waals surface area contributed by atoms with E-state index in [0.717, 1.165) is 5.56 Å². The van der Waals surface area contributed by atoms with Crippen LogP contribution in [-0.2, 0) is 16.4 Å². The van der Waals surface area contributed by atoms with Crippen molar-refractivity contribution in [3.8, 4) is 0 Å². The molecular formula is C13H20N2O3S. The maximum atomic E-state index is 11.3. The van der Waals surface area contributed by atoms with Gasteiger partial charge in [-0.3, -0.25) is 4.79 Å². The first-order chi connectivity index (χ1) is 8.92. The second kappa shape index (κ2) is 7.25. The van der Waals surface area contributed by atoms with Crippen LogP contribution in [0.25, 0.3) is 0 Å². The molecule has 2 N–H and O–H groups in total. The average Bonchev–Trinajstić information content (AvgIpc) is 2.37. The average molecular weight is 284 g/mol. The Morgan fingerprint density at radius 2 is 1.84 bits per heavy atom. The zero-order valence-electron chi connectivity index (χ0n) is 11.3. The quantitative estimate of drug-likeness (QED) is 0.718. The van der Waals surface area contributed by atoms with Crippen molar-refractivity contribution < 1.29 is 13.2 Å². The summed E-state index contributed by atoms with van der Waals surface area (Å²) in [5.41, 5.74) is 1.69. The molecule has 0 fully saturated rings. The van der Waals surface area contributed by atoms with Crippen LogP contribution in [0.4, 0.5) is 0 Å². The highest BCUT2D eigenvalue weighted by molar-refractivity contribution is 7.90. The van der Waals surface area contributed by atoms with Gasteiger partial charge in [0.25, 0.3) is 5.91 Å². The topological polar surface area (TPSA) is 75.3 Å². The smallest absolute Gasteiger partial charge is 0.251 e. The van der Waals surface area contributed by atoms with Crippen molar-refractivity contribution >= 4 is 15.7 Å². The van der Waals surface area contributed by atoms with Gasteiger partial charge in [-0.25, -0.2) is 8.42 Å². The molecule has 6 heteroatoms. The summed E-state index contributed by atoms with van der Waals surface area (Å²) in [5, 5.41) is 5.74. The Bertz CT molecular complexity index is 509. The summed E-state index contributed by atoms with van der Waals surface area (Å²) in [5.74, 6) is 0.1000. The van der Waals surface area contributed by atoms with Crippen molar-refractivity contribution in [1.82, 2.24) is 10.6 Å². The van der Waals surface area contributed by atoms with E-state index in [-0.39, 0.29) is 11.7 Å². The zero-order chi connectivity index (χ0) is 14.3. The van der Waals surface area contributed by atoms with Gasteiger partial charge in [-0.05, 0) is 30.7 Å². The lowest BCUT2D eigenvalue weighted by molar-refractivity contribution is 0.0963. The minimum atomic E-state index is -2.87. The van der Waals surface area contributed by atoms with Crippen molar-refractivity contribution in [2.45, 2.75) is 13.0 Å². The van der Waals surface area contributed by atoms with E-state index in [0.29, 0.717) is 25.1 Å². The van der Waals surface area contributed by atoms with Crippen molar-refractivity contribution in [3.05, 3.63) is 35.4 Å². The second-order valence-electron chi connectivity index (χ2n) is 4.44. The Hall–Kier alpha value is -1.40. The molecule has 19 heavy (non-hydrogen) atoms. The SMILES string of the molecule is CNC(=O)c1ccc(CNCCCS(C)(=O)=O)cc1. The zero-order valence-corrected chi connectivity index (χ0v) is 12.1. The molecule has 1 rings (SSSR count). The second-order valence-corrected chi connectivity index (χ2v) is 6.70. The Morgan fingerprint density at radius 1 is 1.21 bits per heavy atom. The van der Waals surface area contributed by atoms with Crippen molar-refractivity contribution in [2.24, 2.45) is 0 Å². The van der Waals surface area contributed by atoms with Gasteiger partial charge < -0.3 is 10.6 Å². The first-order valence-electron chi connectivity index (χ1n) is 6.12. The third-order valence-corrected chi connectivity index (χ3v) is 3.67. The number of hydrogen-bond acceptors (Lipinski definition) is 4. The summed E-state index contributed by atoms with van der Waals surface area (Å²) in [7, 11) is -1.27. The van der Waals surface area contributed by atoms with Crippen LogP contribution < -0.4 is 10.6 Å². The van der Waals surface area contributed by atoms with Gasteiger partial charge in [-0.15, -0.1) is 0 Å². The first-order valence-corrected chi connectivity index (χ1v) is 8.18. The number of amides is 1. The molecule has 1 amide bonds. The first kappa shape index (κ1) is 15.7. The summed E-state index contributed by atoms with van der Waals surface area (Å²) in [6, 6.07) is 7.31. The number of sulfone groups is 1. The standard InChI is InChI=1S/C13H20N2O3S/c1-14-13(16)12-6-4-11(5-7-12)10-15-8-3-9-19(2,17)18/h4-7,15H,3,8-10H2,1-2H3,(H,14,16). The number of carbonyl (C=O) groups excluding carboxylic acids is 1. The number of rotatable bonds is 7. The van der Waals surface area contributed by atoms with Crippen LogP contribution in [0.5, 0.6) is 0 Å². The molecule has 0 unspecified atom stereocenters. The predicted molar refractivity (Wildman–Crippen MR) is 75.9 cm³/mol. The molecule has 0 aliphatic carbocycles. The summed E-state index contributed by atoms with van der Waals surface area (Å²) in [6.45, 7) is 1.32. The summed E-state index contributed by atoms with van der Waals surface area (Å²) >= 11 is 0. The third kappa shape index (κ3) is 6.35. The molecule has 0 saturated heterocycles. The highest BCUT2D eigenvalue weighted by Crippen LogP contribution is 2.04. The monoisotopic (exact) mass is 284 g/mol. The molecule has 1 aromatic carbocycles. The van der Waals surface area contributed by atoms with E-state index >= 15 is 0 Å². The highest BCUT2D eigenvalue weighted by Gasteiger charge is 2.03. The minimum absolute atomic E-state index is 0.104. The van der Waals surface area contributed by atoms with E-state index in [9.17, 15) is 13.2 Å². The van der Waals surface area contributed by atoms with Crippen LogP contribution in [0.3, 0.4) is 0 Å². The lowest BCUT2D eigenvalue weighted by Crippen LogP contribution is -2.19. The van der Waals surface area contributed by atoms with Gasteiger partial charge in [0.2, 0.25) is 0 Å². The number of hydrogen-bond donors (Lipinski definition) is 2. The number of benzene rings is 1. The Kier molecular flexibility index (Phi) is 5.98. The lowest BCUT2D eigenvalue weighted by Gasteiger charge is -2.05. The molecule has 0 spiro atoms. The van der Waals surface area contributed by atoms with Gasteiger partial charge in [0.1, 0.15) is 9.84 Å². The van der Waals surface area contributed by atoms with E-state index in [1.54, 1.807) is 19.2 Å². The fourth-order valence-electron chi connectivity index (χ4n) is 1.61. The van der Waals surface area contributed by atoms with Crippen LogP contribution >= 0.6 is 0 Å². The fourth-order valence-corrected chi connectivity index (χ4v) is 2.28. The van der Waals surface area contributed by atoms with Crippen molar-refractivity contribution in [1.29, 1.82) is 0 Å². The largest absolute Gasteiger partial charge is 0.355 e. The predicted octanol–water partition coefficient (Wildman–Crippen LogP) is 0.571. The van der Waals surface area contributed by atoms with Crippen molar-refractivity contribution in [2.75, 3.05) is 25.6 Å². The number of carbonyl (C=O) groups is 1. The van der Waals surface area contributed by atoms with Gasteiger partial charge in [0.05, 0.1) is 5.75 Å². The fraction of sp³-hybridized carbons (Fsp3) is 0.462. The molecule has 5 nitrogen and oxygen atoms in total. The summed E-state index contributed by atoms with van der Waals surface area (Å²) in [4.78, 5) is 11.3. The molecule has 0 atom stereocenters. The van der Waals surface area contributed by atoms with E-state index in [4.69, 9.17) is 0 Å². The van der Waals surface area contributed by atoms with Crippen molar-refractivity contribution in [3.63, 3.8) is 0 Å². The maximum absolute atomic E-state index is 11.3. The van der Waals surface area contributed by atoms with Gasteiger partial charge in [0.15, 0.2) is 0 Å². The molecule has 0 aliphatic heterocycles. The van der Waals surface area contributed by atoms with Crippen LogP contribution in [0.1, 0.15) is 22.3 Å². The van der Waals surface area contributed by atoms with Gasteiger partial charge >= 0.3 is 0 Å². The molecule has 0 aliphatic rings. The Balaban J connectivity index is 2.32. The summed E-state index contributed by atoms with van der Waals surface area (Å²) in [6.07, 6.45) is 1.85. The van der Waals surface area contributed by atoms with Crippen LogP contribution in [0.2, 0.25) is 0 Å². The maximum Gasteiger partial charge on any atom is 0.251 e. The normalized spacial score (nSPS) is 11.3. The van der Waals surface area contributed by atoms with E-state index < -0.39 is 9.84 Å². The molecule has 0 aromatic heterocycles. The Labute approximate surface area is 114 Å². The van der Waals surface area contributed by atoms with E-state index in [2.05, 4.69) is 10.6 Å². The number of nitrogens with one attached hydrogen (secondary N) is 2. The van der Waals surface area contributed by atoms with Crippen LogP contribution in [0.15, 0.2) is 24.3 Å². The molecule has 0 heterocycles. The van der Waals surface area contributed by atoms with E-state index in [1.807, 2.05) is 12.1 Å². The molecule has 1 aromatic rings. The van der Waals surface area contributed by atoms with Crippen LogP contribution in [0, 0.1) is 0 Å². The van der Waals surface area contributed by atoms with Gasteiger partial charge in [-0.1, -0.05) is 12.1 Å². The molecule has 0 bridgehead atoms. The molecule has 0 saturated carbocycles. The minimum Gasteiger partial charge on any atom is -0.355 e. The lowest BCUT2D eigenvalue weighted by atomic mass is 10.1.